The van der Waals surface area contributed by atoms with Crippen LogP contribution in [-0.2, 0) is 10.0 Å². The van der Waals surface area contributed by atoms with Crippen LogP contribution >= 0.6 is 0 Å². The van der Waals surface area contributed by atoms with Gasteiger partial charge in [0.25, 0.3) is 15.9 Å². The van der Waals surface area contributed by atoms with Crippen LogP contribution < -0.4 is 23.8 Å². The second kappa shape index (κ2) is 11.1. The minimum Gasteiger partial charge on any atom is -0.494 e. The second-order valence-corrected chi connectivity index (χ2v) is 9.70. The molecule has 0 saturated carbocycles. The lowest BCUT2D eigenvalue weighted by Crippen LogP contribution is -2.28. The molecule has 1 atom stereocenters. The first-order chi connectivity index (χ1) is 16.7. The molecule has 1 N–H and O–H groups in total. The maximum Gasteiger partial charge on any atom is 0.264 e. The summed E-state index contributed by atoms with van der Waals surface area (Å²) in [6.07, 6.45) is 0. The van der Waals surface area contributed by atoms with Crippen molar-refractivity contribution < 1.29 is 27.4 Å². The zero-order chi connectivity index (χ0) is 25.6. The number of anilines is 1. The molecule has 0 aromatic heterocycles. The van der Waals surface area contributed by atoms with Gasteiger partial charge in [0, 0.05) is 18.7 Å². The first-order valence-corrected chi connectivity index (χ1v) is 12.5. The van der Waals surface area contributed by atoms with E-state index in [1.165, 1.54) is 33.4 Å². The number of sulfonamides is 1. The third-order valence-corrected chi connectivity index (χ3v) is 7.33. The SMILES string of the molecule is CCOc1ccc([C@H](C)NC(=O)c2ccc(N(C)S(=O)(=O)c3ccc(OC)c(OC)c3)cc2)cc1. The molecule has 0 aliphatic rings. The Balaban J connectivity index is 1.72. The lowest BCUT2D eigenvalue weighted by Gasteiger charge is -2.21. The lowest BCUT2D eigenvalue weighted by atomic mass is 10.1. The molecule has 9 heteroatoms. The highest BCUT2D eigenvalue weighted by atomic mass is 32.2. The molecule has 3 aromatic rings. The molecule has 3 aromatic carbocycles. The van der Waals surface area contributed by atoms with E-state index in [-0.39, 0.29) is 16.8 Å². The maximum absolute atomic E-state index is 13.1. The number of nitrogens with zero attached hydrogens (tertiary/aromatic N) is 1. The van der Waals surface area contributed by atoms with E-state index in [9.17, 15) is 13.2 Å². The standard InChI is InChI=1S/C26H30N2O6S/c1-6-34-22-13-9-19(10-14-22)18(2)27-26(29)20-7-11-21(12-8-20)28(3)35(30,31)23-15-16-24(32-4)25(17-23)33-5/h7-18H,6H2,1-5H3,(H,27,29)/t18-/m0/s1. The third-order valence-electron chi connectivity index (χ3n) is 5.55. The molecule has 0 saturated heterocycles. The van der Waals surface area contributed by atoms with Crippen molar-refractivity contribution in [1.29, 1.82) is 0 Å². The summed E-state index contributed by atoms with van der Waals surface area (Å²) in [6, 6.07) is 18.1. The molecule has 0 aliphatic carbocycles. The highest BCUT2D eigenvalue weighted by Gasteiger charge is 2.23. The van der Waals surface area contributed by atoms with Crippen LogP contribution in [0.15, 0.2) is 71.6 Å². The molecule has 8 nitrogen and oxygen atoms in total. The predicted molar refractivity (Wildman–Crippen MR) is 135 cm³/mol. The smallest absolute Gasteiger partial charge is 0.264 e. The van der Waals surface area contributed by atoms with Crippen molar-refractivity contribution in [3.8, 4) is 17.2 Å². The van der Waals surface area contributed by atoms with Gasteiger partial charge in [-0.2, -0.15) is 0 Å². The van der Waals surface area contributed by atoms with Gasteiger partial charge in [0.15, 0.2) is 11.5 Å². The molecule has 0 unspecified atom stereocenters. The second-order valence-electron chi connectivity index (χ2n) is 7.73. The fraction of sp³-hybridized carbons (Fsp3) is 0.269. The van der Waals surface area contributed by atoms with Gasteiger partial charge in [-0.25, -0.2) is 8.42 Å². The Morgan fingerprint density at radius 1 is 0.943 bits per heavy atom. The average molecular weight is 499 g/mol. The van der Waals surface area contributed by atoms with Gasteiger partial charge in [-0.3, -0.25) is 9.10 Å². The fourth-order valence-electron chi connectivity index (χ4n) is 3.48. The molecule has 0 heterocycles. The van der Waals surface area contributed by atoms with Crippen LogP contribution in [0, 0.1) is 0 Å². The third kappa shape index (κ3) is 5.86. The Kier molecular flexibility index (Phi) is 8.24. The monoisotopic (exact) mass is 498 g/mol. The van der Waals surface area contributed by atoms with Gasteiger partial charge >= 0.3 is 0 Å². The summed E-state index contributed by atoms with van der Waals surface area (Å²) in [4.78, 5) is 12.8. The van der Waals surface area contributed by atoms with Crippen LogP contribution in [0.1, 0.15) is 35.8 Å². The summed E-state index contributed by atoms with van der Waals surface area (Å²) < 4.78 is 43.3. The average Bonchev–Trinajstić information content (AvgIpc) is 2.88. The Morgan fingerprint density at radius 2 is 1.57 bits per heavy atom. The van der Waals surface area contributed by atoms with Crippen molar-refractivity contribution in [2.75, 3.05) is 32.2 Å². The quantitative estimate of drug-likeness (QED) is 0.445. The van der Waals surface area contributed by atoms with Gasteiger partial charge in [0.2, 0.25) is 0 Å². The Labute approximate surface area is 206 Å². The van der Waals surface area contributed by atoms with Crippen molar-refractivity contribution in [2.24, 2.45) is 0 Å². The van der Waals surface area contributed by atoms with E-state index in [1.807, 2.05) is 38.1 Å². The van der Waals surface area contributed by atoms with Gasteiger partial charge in [0.05, 0.1) is 37.5 Å². The number of benzene rings is 3. The van der Waals surface area contributed by atoms with Crippen molar-refractivity contribution in [2.45, 2.75) is 24.8 Å². The summed E-state index contributed by atoms with van der Waals surface area (Å²) in [6.45, 7) is 4.41. The van der Waals surface area contributed by atoms with Crippen molar-refractivity contribution in [1.82, 2.24) is 5.32 Å². The number of carbonyl (C=O) groups is 1. The van der Waals surface area contributed by atoms with Crippen LogP contribution in [0.3, 0.4) is 0 Å². The highest BCUT2D eigenvalue weighted by Crippen LogP contribution is 2.31. The van der Waals surface area contributed by atoms with E-state index in [0.29, 0.717) is 29.4 Å². The van der Waals surface area contributed by atoms with Gasteiger partial charge in [-0.1, -0.05) is 12.1 Å². The Hall–Kier alpha value is -3.72. The molecular weight excluding hydrogens is 468 g/mol. The summed E-state index contributed by atoms with van der Waals surface area (Å²) in [7, 11) is 0.519. The van der Waals surface area contributed by atoms with Crippen LogP contribution in [0.25, 0.3) is 0 Å². The zero-order valence-corrected chi connectivity index (χ0v) is 21.3. The van der Waals surface area contributed by atoms with Crippen molar-refractivity contribution >= 4 is 21.6 Å². The molecule has 0 aliphatic heterocycles. The zero-order valence-electron chi connectivity index (χ0n) is 20.4. The summed E-state index contributed by atoms with van der Waals surface area (Å²) in [5.41, 5.74) is 1.78. The predicted octanol–water partition coefficient (Wildman–Crippen LogP) is 4.42. The largest absolute Gasteiger partial charge is 0.494 e. The van der Waals surface area contributed by atoms with Gasteiger partial charge in [0.1, 0.15) is 5.75 Å². The Morgan fingerprint density at radius 3 is 2.14 bits per heavy atom. The first kappa shape index (κ1) is 25.9. The molecule has 0 bridgehead atoms. The van der Waals surface area contributed by atoms with Crippen LogP contribution in [0.5, 0.6) is 17.2 Å². The van der Waals surface area contributed by atoms with E-state index in [1.54, 1.807) is 30.3 Å². The molecule has 0 radical (unpaired) electrons. The van der Waals surface area contributed by atoms with Crippen molar-refractivity contribution in [3.05, 3.63) is 77.9 Å². The van der Waals surface area contributed by atoms with Crippen LogP contribution in [0.2, 0.25) is 0 Å². The fourth-order valence-corrected chi connectivity index (χ4v) is 4.69. The molecule has 3 rings (SSSR count). The first-order valence-electron chi connectivity index (χ1n) is 11.1. The summed E-state index contributed by atoms with van der Waals surface area (Å²) in [5.74, 6) is 1.26. The van der Waals surface area contributed by atoms with Crippen LogP contribution in [-0.4, -0.2) is 42.2 Å². The minimum atomic E-state index is -3.86. The number of hydrogen-bond acceptors (Lipinski definition) is 6. The number of rotatable bonds is 10. The minimum absolute atomic E-state index is 0.0589. The van der Waals surface area contributed by atoms with Gasteiger partial charge < -0.3 is 19.5 Å². The summed E-state index contributed by atoms with van der Waals surface area (Å²) >= 11 is 0. The number of carbonyl (C=O) groups excluding carboxylic acids is 1. The topological polar surface area (TPSA) is 94.2 Å². The number of hydrogen-bond donors (Lipinski definition) is 1. The molecule has 35 heavy (non-hydrogen) atoms. The number of methoxy groups -OCH3 is 2. The normalized spacial score (nSPS) is 11.9. The molecule has 0 fully saturated rings. The van der Waals surface area contributed by atoms with Crippen molar-refractivity contribution in [3.63, 3.8) is 0 Å². The number of amides is 1. The van der Waals surface area contributed by atoms with E-state index in [2.05, 4.69) is 5.32 Å². The lowest BCUT2D eigenvalue weighted by molar-refractivity contribution is 0.0940. The number of nitrogens with one attached hydrogen (secondary N) is 1. The Bertz CT molecular complexity index is 1260. The molecule has 1 amide bonds. The summed E-state index contributed by atoms with van der Waals surface area (Å²) in [5, 5.41) is 2.95. The van der Waals surface area contributed by atoms with E-state index >= 15 is 0 Å². The van der Waals surface area contributed by atoms with E-state index < -0.39 is 10.0 Å². The van der Waals surface area contributed by atoms with E-state index in [0.717, 1.165) is 15.6 Å². The molecular formula is C26H30N2O6S. The van der Waals surface area contributed by atoms with Crippen LogP contribution in [0.4, 0.5) is 5.69 Å². The maximum atomic E-state index is 13.1. The van der Waals surface area contributed by atoms with Gasteiger partial charge in [-0.15, -0.1) is 0 Å². The molecule has 186 valence electrons. The molecule has 0 spiro atoms. The highest BCUT2D eigenvalue weighted by molar-refractivity contribution is 7.92. The van der Waals surface area contributed by atoms with E-state index in [4.69, 9.17) is 14.2 Å². The van der Waals surface area contributed by atoms with Gasteiger partial charge in [-0.05, 0) is 67.9 Å². The number of ether oxygens (including phenoxy) is 3.